The molecule has 0 aliphatic heterocycles. The van der Waals surface area contributed by atoms with Gasteiger partial charge in [0.05, 0.1) is 5.75 Å². The summed E-state index contributed by atoms with van der Waals surface area (Å²) in [5.41, 5.74) is 5.43. The van der Waals surface area contributed by atoms with E-state index in [1.807, 2.05) is 6.92 Å². The predicted octanol–water partition coefficient (Wildman–Crippen LogP) is 0.691. The van der Waals surface area contributed by atoms with Crippen LogP contribution in [0, 0.1) is 5.92 Å². The number of hydrogen-bond acceptors (Lipinski definition) is 3. The third kappa shape index (κ3) is 6.34. The van der Waals surface area contributed by atoms with Gasteiger partial charge in [-0.3, -0.25) is 0 Å². The van der Waals surface area contributed by atoms with Crippen LogP contribution in [0.5, 0.6) is 0 Å². The molecule has 0 heterocycles. The average molecular weight is 222 g/mol. The second-order valence-corrected chi connectivity index (χ2v) is 5.45. The molecule has 5 heteroatoms. The van der Waals surface area contributed by atoms with Crippen LogP contribution in [-0.2, 0) is 10.0 Å². The molecule has 0 aromatic carbocycles. The number of sulfonamides is 1. The number of nitrogens with two attached hydrogens (primary N) is 1. The van der Waals surface area contributed by atoms with Gasteiger partial charge in [0, 0.05) is 6.54 Å². The van der Waals surface area contributed by atoms with Gasteiger partial charge in [0.1, 0.15) is 0 Å². The second kappa shape index (κ2) is 7.20. The van der Waals surface area contributed by atoms with Gasteiger partial charge in [0.2, 0.25) is 10.0 Å². The van der Waals surface area contributed by atoms with Gasteiger partial charge >= 0.3 is 0 Å². The Labute approximate surface area is 87.3 Å². The lowest BCUT2D eigenvalue weighted by molar-refractivity contribution is 0.466. The second-order valence-electron chi connectivity index (χ2n) is 3.52. The van der Waals surface area contributed by atoms with Crippen LogP contribution in [-0.4, -0.2) is 27.3 Å². The smallest absolute Gasteiger partial charge is 0.211 e. The van der Waals surface area contributed by atoms with Crippen LogP contribution in [0.15, 0.2) is 0 Å². The molecule has 0 aliphatic carbocycles. The van der Waals surface area contributed by atoms with Crippen molar-refractivity contribution in [2.24, 2.45) is 11.7 Å². The van der Waals surface area contributed by atoms with Crippen molar-refractivity contribution in [3.63, 3.8) is 0 Å². The lowest BCUT2D eigenvalue weighted by atomic mass is 10.0. The van der Waals surface area contributed by atoms with Crippen LogP contribution >= 0.6 is 0 Å². The van der Waals surface area contributed by atoms with Crippen molar-refractivity contribution in [1.82, 2.24) is 4.72 Å². The summed E-state index contributed by atoms with van der Waals surface area (Å²) in [6.45, 7) is 5.05. The van der Waals surface area contributed by atoms with E-state index >= 15 is 0 Å². The van der Waals surface area contributed by atoms with E-state index in [1.165, 1.54) is 0 Å². The molecule has 0 bridgehead atoms. The molecule has 1 unspecified atom stereocenters. The fourth-order valence-electron chi connectivity index (χ4n) is 1.27. The molecule has 0 rings (SSSR count). The van der Waals surface area contributed by atoms with Crippen LogP contribution in [0.25, 0.3) is 0 Å². The van der Waals surface area contributed by atoms with Gasteiger partial charge in [0.15, 0.2) is 0 Å². The van der Waals surface area contributed by atoms with E-state index in [0.29, 0.717) is 25.4 Å². The van der Waals surface area contributed by atoms with E-state index in [2.05, 4.69) is 11.6 Å². The maximum absolute atomic E-state index is 11.3. The summed E-state index contributed by atoms with van der Waals surface area (Å²) >= 11 is 0. The van der Waals surface area contributed by atoms with Gasteiger partial charge in [0.25, 0.3) is 0 Å². The lowest BCUT2D eigenvalue weighted by Gasteiger charge is -2.14. The van der Waals surface area contributed by atoms with Gasteiger partial charge < -0.3 is 5.73 Å². The number of nitrogens with one attached hydrogen (secondary N) is 1. The summed E-state index contributed by atoms with van der Waals surface area (Å²) in [4.78, 5) is 0. The molecular formula is C9H22N2O2S. The molecule has 3 N–H and O–H groups in total. The standard InChI is InChI=1S/C9H22N2O2S/c1-3-7-14(12,13)11-8-9(4-2)5-6-10/h9,11H,3-8,10H2,1-2H3. The SMILES string of the molecule is CCCS(=O)(=O)NCC(CC)CCN. The Bertz CT molecular complexity index is 227. The average Bonchev–Trinajstić information content (AvgIpc) is 2.12. The number of hydrogen-bond donors (Lipinski definition) is 2. The van der Waals surface area contributed by atoms with Crippen LogP contribution < -0.4 is 10.5 Å². The van der Waals surface area contributed by atoms with Crippen molar-refractivity contribution in [3.05, 3.63) is 0 Å². The molecule has 14 heavy (non-hydrogen) atoms. The molecule has 0 saturated carbocycles. The van der Waals surface area contributed by atoms with Crippen molar-refractivity contribution < 1.29 is 8.42 Å². The summed E-state index contributed by atoms with van der Waals surface area (Å²) in [7, 11) is -3.05. The zero-order valence-electron chi connectivity index (χ0n) is 9.12. The predicted molar refractivity (Wildman–Crippen MR) is 59.5 cm³/mol. The van der Waals surface area contributed by atoms with E-state index in [9.17, 15) is 8.42 Å². The molecule has 0 amide bonds. The van der Waals surface area contributed by atoms with Gasteiger partial charge in [-0.05, 0) is 25.3 Å². The largest absolute Gasteiger partial charge is 0.330 e. The Hall–Kier alpha value is -0.130. The van der Waals surface area contributed by atoms with E-state index < -0.39 is 10.0 Å². The monoisotopic (exact) mass is 222 g/mol. The highest BCUT2D eigenvalue weighted by atomic mass is 32.2. The minimum Gasteiger partial charge on any atom is -0.330 e. The van der Waals surface area contributed by atoms with E-state index in [4.69, 9.17) is 5.73 Å². The number of rotatable bonds is 8. The highest BCUT2D eigenvalue weighted by molar-refractivity contribution is 7.89. The van der Waals surface area contributed by atoms with E-state index in [0.717, 1.165) is 12.8 Å². The van der Waals surface area contributed by atoms with E-state index in [1.54, 1.807) is 0 Å². The molecular weight excluding hydrogens is 200 g/mol. The van der Waals surface area contributed by atoms with Crippen molar-refractivity contribution in [3.8, 4) is 0 Å². The Morgan fingerprint density at radius 1 is 1.36 bits per heavy atom. The topological polar surface area (TPSA) is 72.2 Å². The quantitative estimate of drug-likeness (QED) is 0.634. The summed E-state index contributed by atoms with van der Waals surface area (Å²) < 4.78 is 25.2. The summed E-state index contributed by atoms with van der Waals surface area (Å²) in [5, 5.41) is 0. The minimum absolute atomic E-state index is 0.214. The maximum Gasteiger partial charge on any atom is 0.211 e. The maximum atomic E-state index is 11.3. The Morgan fingerprint density at radius 3 is 2.43 bits per heavy atom. The summed E-state index contributed by atoms with van der Waals surface area (Å²) in [6.07, 6.45) is 2.50. The van der Waals surface area contributed by atoms with Gasteiger partial charge in [-0.15, -0.1) is 0 Å². The Morgan fingerprint density at radius 2 is 2.00 bits per heavy atom. The van der Waals surface area contributed by atoms with Crippen molar-refractivity contribution in [1.29, 1.82) is 0 Å². The molecule has 0 fully saturated rings. The van der Waals surface area contributed by atoms with Crippen LogP contribution in [0.1, 0.15) is 33.1 Å². The molecule has 1 atom stereocenters. The molecule has 0 spiro atoms. The zero-order chi connectivity index (χ0) is 11.0. The fourth-order valence-corrected chi connectivity index (χ4v) is 2.44. The summed E-state index contributed by atoms with van der Waals surface area (Å²) in [6, 6.07) is 0. The first-order chi connectivity index (χ1) is 6.55. The van der Waals surface area contributed by atoms with Gasteiger partial charge in [-0.25, -0.2) is 13.1 Å². The molecule has 0 radical (unpaired) electrons. The first-order valence-corrected chi connectivity index (χ1v) is 6.88. The van der Waals surface area contributed by atoms with Crippen LogP contribution in [0.3, 0.4) is 0 Å². The first kappa shape index (κ1) is 13.9. The van der Waals surface area contributed by atoms with Crippen molar-refractivity contribution in [2.45, 2.75) is 33.1 Å². The Kier molecular flexibility index (Phi) is 7.13. The minimum atomic E-state index is -3.05. The molecule has 4 nitrogen and oxygen atoms in total. The van der Waals surface area contributed by atoms with E-state index in [-0.39, 0.29) is 5.75 Å². The molecule has 86 valence electrons. The van der Waals surface area contributed by atoms with Crippen LogP contribution in [0.2, 0.25) is 0 Å². The third-order valence-electron chi connectivity index (χ3n) is 2.22. The first-order valence-electron chi connectivity index (χ1n) is 5.23. The van der Waals surface area contributed by atoms with Crippen LogP contribution in [0.4, 0.5) is 0 Å². The lowest BCUT2D eigenvalue weighted by Crippen LogP contribution is -2.31. The normalized spacial score (nSPS) is 14.2. The zero-order valence-corrected chi connectivity index (χ0v) is 9.94. The van der Waals surface area contributed by atoms with Gasteiger partial charge in [-0.1, -0.05) is 20.3 Å². The molecule has 0 saturated heterocycles. The van der Waals surface area contributed by atoms with Gasteiger partial charge in [-0.2, -0.15) is 0 Å². The molecule has 0 aliphatic rings. The third-order valence-corrected chi connectivity index (χ3v) is 3.77. The Balaban J connectivity index is 3.89. The highest BCUT2D eigenvalue weighted by Gasteiger charge is 2.11. The molecule has 0 aromatic heterocycles. The van der Waals surface area contributed by atoms with Crippen molar-refractivity contribution in [2.75, 3.05) is 18.8 Å². The highest BCUT2D eigenvalue weighted by Crippen LogP contribution is 2.05. The fraction of sp³-hybridized carbons (Fsp3) is 1.00. The summed E-state index contributed by atoms with van der Waals surface area (Å²) in [5.74, 6) is 0.582. The van der Waals surface area contributed by atoms with Crippen molar-refractivity contribution >= 4 is 10.0 Å². The molecule has 0 aromatic rings.